The number of rotatable bonds is 12. The molecule has 3 nitrogen and oxygen atoms in total. The summed E-state index contributed by atoms with van der Waals surface area (Å²) < 4.78 is 31.8. The van der Waals surface area contributed by atoms with Crippen molar-refractivity contribution in [2.24, 2.45) is 0 Å². The van der Waals surface area contributed by atoms with Crippen LogP contribution in [-0.4, -0.2) is 39.6 Å². The molecule has 1 aromatic rings. The van der Waals surface area contributed by atoms with Gasteiger partial charge in [-0.3, -0.25) is 4.55 Å². The van der Waals surface area contributed by atoms with E-state index in [1.807, 2.05) is 6.07 Å². The van der Waals surface area contributed by atoms with Crippen molar-refractivity contribution in [2.45, 2.75) is 82.4 Å². The van der Waals surface area contributed by atoms with E-state index in [0.29, 0.717) is 6.42 Å². The Hall–Kier alpha value is -0.440. The van der Waals surface area contributed by atoms with Crippen LogP contribution in [0.4, 0.5) is 0 Å². The molecule has 1 N–H and O–H groups in total. The molecule has 0 amide bonds. The minimum atomic E-state index is -4.10. The predicted octanol–water partition coefficient (Wildman–Crippen LogP) is 6.65. The molecule has 0 aromatic heterocycles. The summed E-state index contributed by atoms with van der Waals surface area (Å²) in [6.45, 7) is 11.5. The van der Waals surface area contributed by atoms with Crippen LogP contribution in [0.5, 0.6) is 0 Å². The van der Waals surface area contributed by atoms with E-state index in [1.165, 1.54) is 57.4 Å². The summed E-state index contributed by atoms with van der Waals surface area (Å²) in [5, 5.41) is 0. The molecule has 27 heavy (non-hydrogen) atoms. The summed E-state index contributed by atoms with van der Waals surface area (Å²) in [5.74, 6) is 0. The fourth-order valence-electron chi connectivity index (χ4n) is 2.76. The SMILES string of the molecule is CCCCCCCCCCCCc1ccccc1S(=O)(=O)O.C[PH](C)(C)C. The van der Waals surface area contributed by atoms with Gasteiger partial charge < -0.3 is 0 Å². The third-order valence-electron chi connectivity index (χ3n) is 4.05. The second kappa shape index (κ2) is 14.5. The van der Waals surface area contributed by atoms with Gasteiger partial charge in [0.05, 0.1) is 4.90 Å². The molecule has 0 bridgehead atoms. The van der Waals surface area contributed by atoms with Gasteiger partial charge in [-0.25, -0.2) is 0 Å². The Morgan fingerprint density at radius 2 is 1.19 bits per heavy atom. The summed E-state index contributed by atoms with van der Waals surface area (Å²) in [6.07, 6.45) is 13.3. The van der Waals surface area contributed by atoms with Crippen molar-refractivity contribution in [1.82, 2.24) is 0 Å². The Morgan fingerprint density at radius 1 is 0.778 bits per heavy atom. The maximum absolute atomic E-state index is 11.3. The molecule has 0 heterocycles. The fourth-order valence-corrected chi connectivity index (χ4v) is 3.52. The third-order valence-corrected chi connectivity index (χ3v) is 5.00. The first-order chi connectivity index (χ1) is 12.6. The molecule has 0 saturated heterocycles. The van der Waals surface area contributed by atoms with Crippen molar-refractivity contribution in [3.63, 3.8) is 0 Å². The van der Waals surface area contributed by atoms with E-state index in [0.717, 1.165) is 18.4 Å². The van der Waals surface area contributed by atoms with Crippen molar-refractivity contribution >= 4 is 17.4 Å². The number of benzene rings is 1. The van der Waals surface area contributed by atoms with Crippen LogP contribution in [0.2, 0.25) is 0 Å². The number of hydrogen-bond donors (Lipinski definition) is 1. The molecule has 0 fully saturated rings. The molecule has 0 spiro atoms. The zero-order valence-corrected chi connectivity index (χ0v) is 20.1. The molecule has 0 unspecified atom stereocenters. The molecule has 0 aliphatic heterocycles. The monoisotopic (exact) mass is 418 g/mol. The zero-order chi connectivity index (χ0) is 20.8. The molecule has 160 valence electrons. The van der Waals surface area contributed by atoms with Gasteiger partial charge in [-0.05, 0) is 24.5 Å². The molecule has 1 aromatic carbocycles. The minimum absolute atomic E-state index is 0.0610. The number of aryl methyl sites for hydroxylation is 1. The molecule has 5 heteroatoms. The van der Waals surface area contributed by atoms with E-state index < -0.39 is 17.4 Å². The van der Waals surface area contributed by atoms with Crippen LogP contribution in [-0.2, 0) is 16.5 Å². The molecule has 0 aliphatic rings. The molecule has 0 radical (unpaired) electrons. The van der Waals surface area contributed by atoms with Crippen molar-refractivity contribution < 1.29 is 13.0 Å². The Bertz CT molecular complexity index is 586. The Labute approximate surface area is 169 Å². The third kappa shape index (κ3) is 17.4. The number of unbranched alkanes of at least 4 members (excludes halogenated alkanes) is 9. The maximum atomic E-state index is 11.3. The number of hydrogen-bond acceptors (Lipinski definition) is 2. The van der Waals surface area contributed by atoms with Gasteiger partial charge >= 0.3 is 33.9 Å². The van der Waals surface area contributed by atoms with Crippen molar-refractivity contribution in [1.29, 1.82) is 0 Å². The molecular weight excluding hydrogens is 375 g/mol. The zero-order valence-electron chi connectivity index (χ0n) is 18.3. The quantitative estimate of drug-likeness (QED) is 0.235. The molecule has 0 saturated carbocycles. The Balaban J connectivity index is 0.00000119. The van der Waals surface area contributed by atoms with E-state index in [-0.39, 0.29) is 4.90 Å². The van der Waals surface area contributed by atoms with E-state index in [4.69, 9.17) is 0 Å². The van der Waals surface area contributed by atoms with Gasteiger partial charge in [0.1, 0.15) is 0 Å². The first kappa shape index (κ1) is 26.6. The normalized spacial score (nSPS) is 12.4. The average Bonchev–Trinajstić information content (AvgIpc) is 2.54. The van der Waals surface area contributed by atoms with Gasteiger partial charge in [0, 0.05) is 0 Å². The predicted molar refractivity (Wildman–Crippen MR) is 124 cm³/mol. The summed E-state index contributed by atoms with van der Waals surface area (Å²) in [5.41, 5.74) is 0.726. The van der Waals surface area contributed by atoms with Crippen LogP contribution in [0.3, 0.4) is 0 Å². The summed E-state index contributed by atoms with van der Waals surface area (Å²) in [6, 6.07) is 6.73. The summed E-state index contributed by atoms with van der Waals surface area (Å²) in [4.78, 5) is 0.0610. The van der Waals surface area contributed by atoms with E-state index in [9.17, 15) is 13.0 Å². The van der Waals surface area contributed by atoms with Gasteiger partial charge in [-0.15, -0.1) is 0 Å². The van der Waals surface area contributed by atoms with Crippen LogP contribution in [0.15, 0.2) is 29.2 Å². The van der Waals surface area contributed by atoms with Crippen LogP contribution >= 0.6 is 7.26 Å². The molecule has 1 rings (SSSR count). The molecule has 0 aliphatic carbocycles. The molecular formula is C22H43O3PS. The van der Waals surface area contributed by atoms with Crippen LogP contribution < -0.4 is 0 Å². The second-order valence-corrected chi connectivity index (χ2v) is 16.4. The van der Waals surface area contributed by atoms with Gasteiger partial charge in [-0.2, -0.15) is 8.42 Å². The topological polar surface area (TPSA) is 54.4 Å². The first-order valence-electron chi connectivity index (χ1n) is 10.6. The summed E-state index contributed by atoms with van der Waals surface area (Å²) >= 11 is 0. The fraction of sp³-hybridized carbons (Fsp3) is 0.727. The Kier molecular flexibility index (Phi) is 14.3. The van der Waals surface area contributed by atoms with Crippen molar-refractivity contribution in [2.75, 3.05) is 26.7 Å². The average molecular weight is 419 g/mol. The van der Waals surface area contributed by atoms with Crippen LogP contribution in [0.1, 0.15) is 76.7 Å². The molecule has 0 atom stereocenters. The van der Waals surface area contributed by atoms with Crippen molar-refractivity contribution in [3.05, 3.63) is 29.8 Å². The first-order valence-corrected chi connectivity index (χ1v) is 16.0. The summed E-state index contributed by atoms with van der Waals surface area (Å²) in [7, 11) is -4.71. The standard InChI is InChI=1S/C18H30O3S.C4H13P/c1-2-3-4-5-6-7-8-9-10-11-14-17-15-12-13-16-18(17)22(19,20)21;1-5(2,3)4/h12-13,15-16H,2-11,14H2,1H3,(H,19,20,21);5H,1-4H3. The Morgan fingerprint density at radius 3 is 1.63 bits per heavy atom. The van der Waals surface area contributed by atoms with E-state index in [2.05, 4.69) is 33.6 Å². The van der Waals surface area contributed by atoms with Crippen molar-refractivity contribution in [3.8, 4) is 0 Å². The van der Waals surface area contributed by atoms with E-state index in [1.54, 1.807) is 12.1 Å². The van der Waals surface area contributed by atoms with Gasteiger partial charge in [0.2, 0.25) is 0 Å². The van der Waals surface area contributed by atoms with Crippen LogP contribution in [0.25, 0.3) is 0 Å². The van der Waals surface area contributed by atoms with Gasteiger partial charge in [0.15, 0.2) is 0 Å². The van der Waals surface area contributed by atoms with Crippen LogP contribution in [0, 0.1) is 0 Å². The van der Waals surface area contributed by atoms with Gasteiger partial charge in [-0.1, -0.05) is 82.9 Å². The van der Waals surface area contributed by atoms with Gasteiger partial charge in [0.25, 0.3) is 10.1 Å². The second-order valence-electron chi connectivity index (χ2n) is 9.01. The van der Waals surface area contributed by atoms with E-state index >= 15 is 0 Å².